The van der Waals surface area contributed by atoms with Gasteiger partial charge in [-0.3, -0.25) is 12.2 Å². The molecule has 0 amide bonds. The van der Waals surface area contributed by atoms with Gasteiger partial charge in [-0.2, -0.15) is 17.2 Å². The zero-order valence-electron chi connectivity index (χ0n) is 32.8. The van der Waals surface area contributed by atoms with Crippen molar-refractivity contribution in [3.8, 4) is 11.1 Å². The van der Waals surface area contributed by atoms with Crippen LogP contribution in [0.5, 0.6) is 0 Å². The molecule has 4 aliphatic rings. The fourth-order valence-corrected chi connectivity index (χ4v) is 7.16. The molecule has 0 spiro atoms. The van der Waals surface area contributed by atoms with Crippen LogP contribution in [0, 0.1) is 34.3 Å². The van der Waals surface area contributed by atoms with Crippen LogP contribution in [0.15, 0.2) is 48.1 Å². The molecule has 4 aliphatic carbocycles. The van der Waals surface area contributed by atoms with Crippen LogP contribution in [0.1, 0.15) is 151 Å². The molecule has 1 unspecified atom stereocenters. The van der Waals surface area contributed by atoms with E-state index in [4.69, 9.17) is 0 Å². The molecular weight excluding hydrogens is 703 g/mol. The number of hydrogen-bond acceptors (Lipinski definition) is 0. The average molecular weight is 763 g/mol. The summed E-state index contributed by atoms with van der Waals surface area (Å²) in [7, 11) is 0. The van der Waals surface area contributed by atoms with Crippen molar-refractivity contribution in [2.45, 2.75) is 134 Å². The van der Waals surface area contributed by atoms with Crippen LogP contribution in [0.2, 0.25) is 0 Å². The molecule has 1 atom stereocenters. The molecule has 0 aliphatic heterocycles. The molecule has 0 saturated carbocycles. The Morgan fingerprint density at radius 3 is 1.67 bits per heavy atom. The van der Waals surface area contributed by atoms with Crippen LogP contribution in [0.4, 0.5) is 0 Å². The number of allylic oxidation sites excluding steroid dienone is 8. The zero-order chi connectivity index (χ0) is 34.8. The molecule has 0 fully saturated rings. The van der Waals surface area contributed by atoms with Crippen molar-refractivity contribution in [1.29, 1.82) is 0 Å². The molecule has 0 bridgehead atoms. The van der Waals surface area contributed by atoms with Gasteiger partial charge >= 0.3 is 41.3 Å². The molecule has 0 heterocycles. The Hall–Kier alpha value is -1.27. The molecule has 0 saturated heterocycles. The minimum absolute atomic E-state index is 0. The molecule has 260 valence electrons. The van der Waals surface area contributed by atoms with Gasteiger partial charge in [-0.1, -0.05) is 138 Å². The first kappa shape index (κ1) is 42.9. The van der Waals surface area contributed by atoms with E-state index in [-0.39, 0.29) is 46.5 Å². The zero-order valence-corrected chi connectivity index (χ0v) is 36.8. The Bertz CT molecular complexity index is 1570. The molecule has 0 nitrogen and oxygen atoms in total. The first-order valence-electron chi connectivity index (χ1n) is 17.4. The summed E-state index contributed by atoms with van der Waals surface area (Å²) in [5.41, 5.74) is 16.6. The van der Waals surface area contributed by atoms with Crippen LogP contribution < -0.4 is 24.8 Å². The van der Waals surface area contributed by atoms with Crippen LogP contribution in [-0.2, 0) is 41.5 Å². The van der Waals surface area contributed by atoms with E-state index in [9.17, 15) is 0 Å². The van der Waals surface area contributed by atoms with Crippen molar-refractivity contribution in [2.24, 2.45) is 22.2 Å². The van der Waals surface area contributed by atoms with Crippen molar-refractivity contribution >= 4 is 14.4 Å². The number of halogens is 2. The smallest absolute Gasteiger partial charge is 1.00 e. The summed E-state index contributed by atoms with van der Waals surface area (Å²) in [5, 5.41) is 0. The Morgan fingerprint density at radius 2 is 1.25 bits per heavy atom. The van der Waals surface area contributed by atoms with Gasteiger partial charge in [0.25, 0.3) is 0 Å². The summed E-state index contributed by atoms with van der Waals surface area (Å²) in [6.45, 7) is 36.5. The molecule has 0 N–H and O–H groups in total. The molecule has 0 radical (unpaired) electrons. The van der Waals surface area contributed by atoms with Gasteiger partial charge in [-0.25, -0.2) is 11.6 Å². The summed E-state index contributed by atoms with van der Waals surface area (Å²) in [6, 6.07) is 10.0. The number of hydrogen-bond donors (Lipinski definition) is 0. The standard InChI is InChI=1S/C31H37.C11H17.C3H6.2ClH.Zr/c1-28(2,3)26-16-30(7,8)24-12-18-11-19-13-25-23(15-21(19)20(18)14-22(24)26)27(29(4,5)6)17-31(25,9)10;1-5-9-6-7-10(8-9)11(2,3)4;1-3-2;;;/h12-16H,11H2,1-10H3;7-9H,5H2,1-4H3;1-2H3;2*1H;/q2*-1;;;;+2/p-2. The first-order valence-corrected chi connectivity index (χ1v) is 18.7. The summed E-state index contributed by atoms with van der Waals surface area (Å²) < 4.78 is 1.51. The van der Waals surface area contributed by atoms with E-state index >= 15 is 0 Å². The molecule has 2 aromatic rings. The summed E-state index contributed by atoms with van der Waals surface area (Å²) in [4.78, 5) is 0. The van der Waals surface area contributed by atoms with Gasteiger partial charge in [0, 0.05) is 5.41 Å². The quantitative estimate of drug-likeness (QED) is 0.245. The van der Waals surface area contributed by atoms with Gasteiger partial charge in [-0.05, 0) is 62.3 Å². The Labute approximate surface area is 322 Å². The maximum Gasteiger partial charge on any atom is -1.00 e. The van der Waals surface area contributed by atoms with Crippen molar-refractivity contribution in [2.75, 3.05) is 0 Å². The largest absolute Gasteiger partial charge is 1.00 e. The van der Waals surface area contributed by atoms with Gasteiger partial charge in [0.05, 0.1) is 0 Å². The second kappa shape index (κ2) is 14.8. The second-order valence-corrected chi connectivity index (χ2v) is 20.8. The normalized spacial score (nSPS) is 19.0. The van der Waals surface area contributed by atoms with Crippen molar-refractivity contribution in [1.82, 2.24) is 0 Å². The minimum Gasteiger partial charge on any atom is -1.00 e. The van der Waals surface area contributed by atoms with E-state index in [1.807, 2.05) is 0 Å². The minimum atomic E-state index is -0.0202. The third-order valence-electron chi connectivity index (χ3n) is 9.73. The Kier molecular flexibility index (Phi) is 13.2. The molecule has 6 rings (SSSR count). The van der Waals surface area contributed by atoms with Crippen LogP contribution in [-0.4, -0.2) is 3.21 Å². The average Bonchev–Trinajstić information content (AvgIpc) is 3.63. The van der Waals surface area contributed by atoms with E-state index in [1.165, 1.54) is 70.9 Å². The van der Waals surface area contributed by atoms with Crippen molar-refractivity contribution in [3.05, 3.63) is 93.6 Å². The summed E-state index contributed by atoms with van der Waals surface area (Å²) in [5.74, 6) is 0.573. The van der Waals surface area contributed by atoms with Gasteiger partial charge in [0.2, 0.25) is 0 Å². The van der Waals surface area contributed by atoms with Crippen LogP contribution in [0.3, 0.4) is 0 Å². The van der Waals surface area contributed by atoms with E-state index in [1.54, 1.807) is 24.2 Å². The first-order chi connectivity index (χ1) is 20.9. The SMILES string of the molecule is CC(C)(C)C1=[C-]C(C)(C)c2cc3c(cc21)-c1cc2c(cc1C3)C(C)(C)C=C2C(C)(C)C.CCC1[C-]=CC(C(C)(C)C)=C1.C[C](C)=[Zr+2].[Cl-].[Cl-]. The van der Waals surface area contributed by atoms with Gasteiger partial charge < -0.3 is 24.8 Å². The van der Waals surface area contributed by atoms with Crippen LogP contribution in [0.25, 0.3) is 22.3 Å². The molecule has 3 heteroatoms. The van der Waals surface area contributed by atoms with Gasteiger partial charge in [0.1, 0.15) is 0 Å². The van der Waals surface area contributed by atoms with Gasteiger partial charge in [-0.15, -0.1) is 11.6 Å². The predicted molar refractivity (Wildman–Crippen MR) is 200 cm³/mol. The maximum absolute atomic E-state index is 3.85. The second-order valence-electron chi connectivity index (χ2n) is 18.4. The van der Waals surface area contributed by atoms with E-state index in [2.05, 4.69) is 165 Å². The fourth-order valence-electron chi connectivity index (χ4n) is 7.16. The number of fused-ring (bicyclic) bond motifs is 5. The monoisotopic (exact) mass is 760 g/mol. The van der Waals surface area contributed by atoms with E-state index in [0.29, 0.717) is 11.3 Å². The van der Waals surface area contributed by atoms with E-state index in [0.717, 1.165) is 6.42 Å². The molecule has 0 aromatic heterocycles. The maximum atomic E-state index is 3.85. The Morgan fingerprint density at radius 1 is 0.750 bits per heavy atom. The number of benzene rings is 2. The summed E-state index contributed by atoms with van der Waals surface area (Å²) >= 11 is 1.55. The third-order valence-corrected chi connectivity index (χ3v) is 9.73. The van der Waals surface area contributed by atoms with Crippen molar-refractivity contribution in [3.63, 3.8) is 0 Å². The predicted octanol–water partition coefficient (Wildman–Crippen LogP) is 6.61. The molecule has 48 heavy (non-hydrogen) atoms. The van der Waals surface area contributed by atoms with E-state index < -0.39 is 0 Å². The number of rotatable bonds is 1. The third kappa shape index (κ3) is 8.96. The topological polar surface area (TPSA) is 0 Å². The van der Waals surface area contributed by atoms with Gasteiger partial charge in [0.15, 0.2) is 0 Å². The summed E-state index contributed by atoms with van der Waals surface area (Å²) in [6.07, 6.45) is 16.4. The Balaban J connectivity index is 0.000000396. The molecule has 2 aromatic carbocycles. The fraction of sp³-hybridized carbons (Fsp3) is 0.533. The molecular formula is C45H60Cl2Zr-2. The van der Waals surface area contributed by atoms with Crippen molar-refractivity contribution < 1.29 is 49.0 Å². The van der Waals surface area contributed by atoms with Crippen LogP contribution >= 0.6 is 0 Å².